The minimum atomic E-state index is -0.0274. The van der Waals surface area contributed by atoms with Gasteiger partial charge in [0, 0.05) is 18.6 Å². The Hall–Kier alpha value is -1.26. The summed E-state index contributed by atoms with van der Waals surface area (Å²) in [7, 11) is 5.42. The number of ether oxygens (including phenoxy) is 2. The van der Waals surface area contributed by atoms with Gasteiger partial charge in [-0.1, -0.05) is 19.9 Å². The molecule has 0 heterocycles. The van der Waals surface area contributed by atoms with Crippen LogP contribution < -0.4 is 15.2 Å². The molecule has 2 N–H and O–H groups in total. The van der Waals surface area contributed by atoms with E-state index in [4.69, 9.17) is 15.2 Å². The van der Waals surface area contributed by atoms with Crippen LogP contribution in [0.3, 0.4) is 0 Å². The molecule has 20 heavy (non-hydrogen) atoms. The molecular formula is C16H28N2O2. The first-order valence-electron chi connectivity index (χ1n) is 7.25. The summed E-state index contributed by atoms with van der Waals surface area (Å²) in [5, 5.41) is 0. The molecule has 0 fully saturated rings. The first kappa shape index (κ1) is 16.8. The van der Waals surface area contributed by atoms with Gasteiger partial charge in [-0.05, 0) is 37.6 Å². The Bertz CT molecular complexity index is 405. The van der Waals surface area contributed by atoms with Crippen LogP contribution >= 0.6 is 0 Å². The molecule has 0 amide bonds. The zero-order valence-electron chi connectivity index (χ0n) is 13.3. The van der Waals surface area contributed by atoms with E-state index in [9.17, 15) is 0 Å². The van der Waals surface area contributed by atoms with Gasteiger partial charge in [0.1, 0.15) is 0 Å². The van der Waals surface area contributed by atoms with E-state index in [2.05, 4.69) is 25.8 Å². The normalized spacial score (nSPS) is 12.8. The van der Waals surface area contributed by atoms with Gasteiger partial charge in [0.25, 0.3) is 0 Å². The predicted molar refractivity (Wildman–Crippen MR) is 83.5 cm³/mol. The highest BCUT2D eigenvalue weighted by atomic mass is 16.5. The zero-order chi connectivity index (χ0) is 15.1. The summed E-state index contributed by atoms with van der Waals surface area (Å²) in [6, 6.07) is 6.43. The number of rotatable bonds is 8. The number of methoxy groups -OCH3 is 2. The van der Waals surface area contributed by atoms with Crippen molar-refractivity contribution in [3.8, 4) is 11.5 Å². The predicted octanol–water partition coefficient (Wildman–Crippen LogP) is 2.82. The second-order valence-electron chi connectivity index (χ2n) is 5.13. The molecule has 0 saturated carbocycles. The molecule has 0 saturated heterocycles. The van der Waals surface area contributed by atoms with Crippen molar-refractivity contribution in [2.24, 2.45) is 5.73 Å². The molecule has 0 spiro atoms. The van der Waals surface area contributed by atoms with Crippen molar-refractivity contribution < 1.29 is 9.47 Å². The lowest BCUT2D eigenvalue weighted by molar-refractivity contribution is 0.217. The van der Waals surface area contributed by atoms with E-state index < -0.39 is 0 Å². The highest BCUT2D eigenvalue weighted by Crippen LogP contribution is 2.29. The van der Waals surface area contributed by atoms with E-state index in [1.165, 1.54) is 0 Å². The van der Waals surface area contributed by atoms with Crippen LogP contribution in [0.4, 0.5) is 0 Å². The lowest BCUT2D eigenvalue weighted by atomic mass is 10.0. The maximum atomic E-state index is 6.32. The van der Waals surface area contributed by atoms with Crippen LogP contribution in [0.15, 0.2) is 18.2 Å². The summed E-state index contributed by atoms with van der Waals surface area (Å²) >= 11 is 0. The number of likely N-dealkylation sites (N-methyl/N-ethyl adjacent to an activating group) is 1. The summed E-state index contributed by atoms with van der Waals surface area (Å²) in [6.45, 7) is 5.26. The van der Waals surface area contributed by atoms with Gasteiger partial charge >= 0.3 is 0 Å². The molecule has 0 aliphatic heterocycles. The van der Waals surface area contributed by atoms with Crippen molar-refractivity contribution in [3.63, 3.8) is 0 Å². The number of benzene rings is 1. The Balaban J connectivity index is 2.79. The summed E-state index contributed by atoms with van der Waals surface area (Å²) in [5.41, 5.74) is 7.39. The average molecular weight is 280 g/mol. The topological polar surface area (TPSA) is 47.7 Å². The molecule has 1 aromatic rings. The second kappa shape index (κ2) is 8.12. The van der Waals surface area contributed by atoms with Crippen molar-refractivity contribution >= 4 is 0 Å². The summed E-state index contributed by atoms with van der Waals surface area (Å²) in [4.78, 5) is 2.33. The van der Waals surface area contributed by atoms with Crippen LogP contribution in [-0.4, -0.2) is 38.8 Å². The third kappa shape index (κ3) is 4.12. The molecule has 4 nitrogen and oxygen atoms in total. The number of hydrogen-bond acceptors (Lipinski definition) is 4. The molecule has 1 aromatic carbocycles. The Kier molecular flexibility index (Phi) is 6.82. The molecule has 0 aliphatic carbocycles. The van der Waals surface area contributed by atoms with Gasteiger partial charge in [-0.25, -0.2) is 0 Å². The molecule has 4 heteroatoms. The second-order valence-corrected chi connectivity index (χ2v) is 5.13. The monoisotopic (exact) mass is 280 g/mol. The Morgan fingerprint density at radius 2 is 1.70 bits per heavy atom. The summed E-state index contributed by atoms with van der Waals surface area (Å²) in [6.07, 6.45) is 2.29. The average Bonchev–Trinajstić information content (AvgIpc) is 2.47. The van der Waals surface area contributed by atoms with Crippen LogP contribution in [-0.2, 0) is 0 Å². The van der Waals surface area contributed by atoms with Crippen LogP contribution in [0.5, 0.6) is 11.5 Å². The molecule has 0 aliphatic rings. The molecule has 1 rings (SSSR count). The molecule has 1 unspecified atom stereocenters. The third-order valence-corrected chi connectivity index (χ3v) is 3.89. The molecule has 0 bridgehead atoms. The van der Waals surface area contributed by atoms with Crippen LogP contribution in [0.2, 0.25) is 0 Å². The largest absolute Gasteiger partial charge is 0.493 e. The van der Waals surface area contributed by atoms with Crippen molar-refractivity contribution in [1.82, 2.24) is 4.90 Å². The highest BCUT2D eigenvalue weighted by molar-refractivity contribution is 5.43. The fraction of sp³-hybridized carbons (Fsp3) is 0.625. The maximum absolute atomic E-state index is 6.32. The Morgan fingerprint density at radius 3 is 2.20 bits per heavy atom. The van der Waals surface area contributed by atoms with Gasteiger partial charge in [0.15, 0.2) is 11.5 Å². The van der Waals surface area contributed by atoms with E-state index in [1.54, 1.807) is 14.2 Å². The van der Waals surface area contributed by atoms with E-state index >= 15 is 0 Å². The van der Waals surface area contributed by atoms with E-state index in [1.807, 2.05) is 18.2 Å². The smallest absolute Gasteiger partial charge is 0.161 e. The van der Waals surface area contributed by atoms with Crippen molar-refractivity contribution in [1.29, 1.82) is 0 Å². The first-order chi connectivity index (χ1) is 9.57. The number of nitrogens with two attached hydrogens (primary N) is 1. The summed E-state index contributed by atoms with van der Waals surface area (Å²) < 4.78 is 10.6. The highest BCUT2D eigenvalue weighted by Gasteiger charge is 2.16. The molecule has 0 aromatic heterocycles. The Labute approximate surface area is 122 Å². The maximum Gasteiger partial charge on any atom is 0.161 e. The molecular weight excluding hydrogens is 252 g/mol. The van der Waals surface area contributed by atoms with Crippen molar-refractivity contribution in [3.05, 3.63) is 23.8 Å². The van der Waals surface area contributed by atoms with Gasteiger partial charge in [-0.3, -0.25) is 0 Å². The van der Waals surface area contributed by atoms with Gasteiger partial charge in [0.05, 0.1) is 14.2 Å². The lowest BCUT2D eigenvalue weighted by Crippen LogP contribution is -2.36. The molecule has 0 radical (unpaired) electrons. The number of nitrogens with zero attached hydrogens (tertiary/aromatic N) is 1. The quantitative estimate of drug-likeness (QED) is 0.795. The third-order valence-electron chi connectivity index (χ3n) is 3.89. The SMILES string of the molecule is CCC(CC)N(C)CC(N)c1ccc(OC)c(OC)c1. The van der Waals surface area contributed by atoms with E-state index in [-0.39, 0.29) is 6.04 Å². The number of hydrogen-bond donors (Lipinski definition) is 1. The molecule has 1 atom stereocenters. The minimum Gasteiger partial charge on any atom is -0.493 e. The van der Waals surface area contributed by atoms with Crippen molar-refractivity contribution in [2.45, 2.75) is 38.8 Å². The van der Waals surface area contributed by atoms with Gasteiger partial charge < -0.3 is 20.1 Å². The first-order valence-corrected chi connectivity index (χ1v) is 7.25. The lowest BCUT2D eigenvalue weighted by Gasteiger charge is -2.29. The fourth-order valence-corrected chi connectivity index (χ4v) is 2.56. The van der Waals surface area contributed by atoms with Gasteiger partial charge in [-0.2, -0.15) is 0 Å². The van der Waals surface area contributed by atoms with E-state index in [0.717, 1.165) is 36.4 Å². The van der Waals surface area contributed by atoms with Gasteiger partial charge in [-0.15, -0.1) is 0 Å². The minimum absolute atomic E-state index is 0.0274. The van der Waals surface area contributed by atoms with E-state index in [0.29, 0.717) is 6.04 Å². The van der Waals surface area contributed by atoms with Crippen LogP contribution in [0, 0.1) is 0 Å². The standard InChI is InChI=1S/C16H28N2O2/c1-6-13(7-2)18(3)11-14(17)12-8-9-15(19-4)16(10-12)20-5/h8-10,13-14H,6-7,11,17H2,1-5H3. The fourth-order valence-electron chi connectivity index (χ4n) is 2.56. The van der Waals surface area contributed by atoms with Crippen LogP contribution in [0.25, 0.3) is 0 Å². The molecule has 114 valence electrons. The van der Waals surface area contributed by atoms with Crippen LogP contribution in [0.1, 0.15) is 38.3 Å². The van der Waals surface area contributed by atoms with Crippen molar-refractivity contribution in [2.75, 3.05) is 27.8 Å². The zero-order valence-corrected chi connectivity index (χ0v) is 13.3. The Morgan fingerprint density at radius 1 is 1.10 bits per heavy atom. The summed E-state index contributed by atoms with van der Waals surface area (Å²) in [5.74, 6) is 1.46. The van der Waals surface area contributed by atoms with Gasteiger partial charge in [0.2, 0.25) is 0 Å².